The first-order chi connectivity index (χ1) is 14.6. The van der Waals surface area contributed by atoms with Gasteiger partial charge in [0, 0.05) is 51.3 Å². The van der Waals surface area contributed by atoms with Crippen molar-refractivity contribution in [2.75, 3.05) is 44.7 Å². The smallest absolute Gasteiger partial charge is 0.228 e. The van der Waals surface area contributed by atoms with Gasteiger partial charge in [0.05, 0.1) is 18.7 Å². The summed E-state index contributed by atoms with van der Waals surface area (Å²) in [6.07, 6.45) is 0.238. The van der Waals surface area contributed by atoms with Gasteiger partial charge in [-0.25, -0.2) is 4.39 Å². The summed E-state index contributed by atoms with van der Waals surface area (Å²) in [5, 5.41) is 0. The molecule has 0 aliphatic carbocycles. The van der Waals surface area contributed by atoms with Crippen molar-refractivity contribution in [1.29, 1.82) is 0 Å². The predicted octanol–water partition coefficient (Wildman–Crippen LogP) is 2.53. The van der Waals surface area contributed by atoms with Gasteiger partial charge in [0.2, 0.25) is 11.8 Å². The number of nitrogens with zero attached hydrogens (tertiary/aromatic N) is 3. The van der Waals surface area contributed by atoms with E-state index >= 15 is 0 Å². The third kappa shape index (κ3) is 4.10. The average molecular weight is 411 g/mol. The second kappa shape index (κ2) is 8.73. The lowest BCUT2D eigenvalue weighted by atomic mass is 10.1. The normalized spacial score (nSPS) is 19.3. The molecule has 2 aliphatic rings. The highest BCUT2D eigenvalue weighted by molar-refractivity contribution is 5.89. The number of piperazine rings is 1. The van der Waals surface area contributed by atoms with Crippen molar-refractivity contribution < 1.29 is 18.7 Å². The minimum atomic E-state index is -0.327. The summed E-state index contributed by atoms with van der Waals surface area (Å²) >= 11 is 0. The molecule has 0 N–H and O–H groups in total. The van der Waals surface area contributed by atoms with Gasteiger partial charge in [-0.05, 0) is 18.2 Å². The lowest BCUT2D eigenvalue weighted by Crippen LogP contribution is -2.50. The van der Waals surface area contributed by atoms with Crippen LogP contribution in [0.2, 0.25) is 0 Å². The van der Waals surface area contributed by atoms with Gasteiger partial charge < -0.3 is 19.4 Å². The maximum Gasteiger partial charge on any atom is 0.228 e. The van der Waals surface area contributed by atoms with Crippen LogP contribution in [-0.2, 0) is 16.1 Å². The Balaban J connectivity index is 1.35. The van der Waals surface area contributed by atoms with E-state index in [1.54, 1.807) is 24.1 Å². The van der Waals surface area contributed by atoms with Gasteiger partial charge in [-0.15, -0.1) is 0 Å². The zero-order chi connectivity index (χ0) is 21.1. The molecule has 2 heterocycles. The first-order valence-electron chi connectivity index (χ1n) is 10.2. The van der Waals surface area contributed by atoms with Crippen LogP contribution in [0.5, 0.6) is 5.75 Å². The third-order valence-electron chi connectivity index (χ3n) is 5.90. The Kier molecular flexibility index (Phi) is 5.88. The standard InChI is InChI=1S/C23H26FN3O3/c1-30-21-9-5-2-6-17(21)15-27-16-18(14-22(27)28)23(29)26-12-10-25(11-13-26)20-8-4-3-7-19(20)24/h2-9,18H,10-16H2,1H3/t18-/m0/s1. The number of likely N-dealkylation sites (tertiary alicyclic amines) is 1. The quantitative estimate of drug-likeness (QED) is 0.759. The lowest BCUT2D eigenvalue weighted by molar-refractivity contribution is -0.136. The first-order valence-corrected chi connectivity index (χ1v) is 10.2. The van der Waals surface area contributed by atoms with Crippen molar-refractivity contribution >= 4 is 17.5 Å². The molecular weight excluding hydrogens is 385 g/mol. The first kappa shape index (κ1) is 20.2. The number of hydrogen-bond acceptors (Lipinski definition) is 4. The molecule has 6 nitrogen and oxygen atoms in total. The van der Waals surface area contributed by atoms with Crippen LogP contribution in [0.25, 0.3) is 0 Å². The summed E-state index contributed by atoms with van der Waals surface area (Å²) in [5.41, 5.74) is 1.50. The second-order valence-electron chi connectivity index (χ2n) is 7.75. The number of para-hydroxylation sites is 2. The fourth-order valence-electron chi connectivity index (χ4n) is 4.26. The maximum atomic E-state index is 14.0. The van der Waals surface area contributed by atoms with E-state index in [1.165, 1.54) is 6.07 Å². The summed E-state index contributed by atoms with van der Waals surface area (Å²) in [6, 6.07) is 14.3. The molecule has 1 atom stereocenters. The number of halogens is 1. The number of hydrogen-bond donors (Lipinski definition) is 0. The highest BCUT2D eigenvalue weighted by atomic mass is 19.1. The van der Waals surface area contributed by atoms with E-state index in [1.807, 2.05) is 40.1 Å². The molecule has 0 unspecified atom stereocenters. The Hall–Kier alpha value is -3.09. The number of amides is 2. The summed E-state index contributed by atoms with van der Waals surface area (Å²) in [6.45, 7) is 3.09. The molecule has 7 heteroatoms. The summed E-state index contributed by atoms with van der Waals surface area (Å²) in [4.78, 5) is 31.0. The lowest BCUT2D eigenvalue weighted by Gasteiger charge is -2.37. The summed E-state index contributed by atoms with van der Waals surface area (Å²) < 4.78 is 19.4. The molecule has 0 spiro atoms. The van der Waals surface area contributed by atoms with Crippen LogP contribution in [0.4, 0.5) is 10.1 Å². The van der Waals surface area contributed by atoms with Gasteiger partial charge in [0.25, 0.3) is 0 Å². The van der Waals surface area contributed by atoms with E-state index in [0.717, 1.165) is 11.3 Å². The van der Waals surface area contributed by atoms with E-state index in [9.17, 15) is 14.0 Å². The van der Waals surface area contributed by atoms with Crippen molar-refractivity contribution in [1.82, 2.24) is 9.80 Å². The highest BCUT2D eigenvalue weighted by Crippen LogP contribution is 2.27. The minimum absolute atomic E-state index is 0.00995. The van der Waals surface area contributed by atoms with Crippen molar-refractivity contribution in [2.24, 2.45) is 5.92 Å². The molecule has 4 rings (SSSR count). The third-order valence-corrected chi connectivity index (χ3v) is 5.90. The Morgan fingerprint density at radius 2 is 1.77 bits per heavy atom. The summed E-state index contributed by atoms with van der Waals surface area (Å²) in [7, 11) is 1.61. The summed E-state index contributed by atoms with van der Waals surface area (Å²) in [5.74, 6) is 0.172. The molecule has 2 aliphatic heterocycles. The SMILES string of the molecule is COc1ccccc1CN1C[C@@H](C(=O)N2CCN(c3ccccc3F)CC2)CC1=O. The molecule has 158 valence electrons. The number of ether oxygens (including phenoxy) is 1. The van der Waals surface area contributed by atoms with Gasteiger partial charge >= 0.3 is 0 Å². The van der Waals surface area contributed by atoms with Crippen LogP contribution < -0.4 is 9.64 Å². The van der Waals surface area contributed by atoms with Crippen molar-refractivity contribution in [3.63, 3.8) is 0 Å². The van der Waals surface area contributed by atoms with Crippen LogP contribution >= 0.6 is 0 Å². The van der Waals surface area contributed by atoms with E-state index in [0.29, 0.717) is 45.0 Å². The Labute approximate surface area is 175 Å². The van der Waals surface area contributed by atoms with Crippen molar-refractivity contribution in [2.45, 2.75) is 13.0 Å². The van der Waals surface area contributed by atoms with Gasteiger partial charge in [0.15, 0.2) is 0 Å². The van der Waals surface area contributed by atoms with E-state index in [-0.39, 0.29) is 30.0 Å². The number of anilines is 1. The van der Waals surface area contributed by atoms with Crippen molar-refractivity contribution in [3.05, 3.63) is 59.9 Å². The molecule has 0 bridgehead atoms. The molecule has 2 saturated heterocycles. The topological polar surface area (TPSA) is 53.1 Å². The van der Waals surface area contributed by atoms with Crippen LogP contribution in [0.3, 0.4) is 0 Å². The van der Waals surface area contributed by atoms with Gasteiger partial charge in [-0.2, -0.15) is 0 Å². The van der Waals surface area contributed by atoms with E-state index in [2.05, 4.69) is 0 Å². The molecule has 2 aromatic rings. The molecule has 2 amide bonds. The minimum Gasteiger partial charge on any atom is -0.496 e. The molecule has 0 aromatic heterocycles. The molecule has 0 saturated carbocycles. The van der Waals surface area contributed by atoms with E-state index in [4.69, 9.17) is 4.74 Å². The van der Waals surface area contributed by atoms with E-state index < -0.39 is 0 Å². The number of rotatable bonds is 5. The van der Waals surface area contributed by atoms with Crippen LogP contribution in [-0.4, -0.2) is 61.4 Å². The predicted molar refractivity (Wildman–Crippen MR) is 112 cm³/mol. The van der Waals surface area contributed by atoms with Gasteiger partial charge in [-0.1, -0.05) is 30.3 Å². The average Bonchev–Trinajstić information content (AvgIpc) is 3.14. The van der Waals surface area contributed by atoms with Crippen LogP contribution in [0.15, 0.2) is 48.5 Å². The maximum absolute atomic E-state index is 14.0. The van der Waals surface area contributed by atoms with Gasteiger partial charge in [0.1, 0.15) is 11.6 Å². The highest BCUT2D eigenvalue weighted by Gasteiger charge is 2.37. The van der Waals surface area contributed by atoms with Gasteiger partial charge in [-0.3, -0.25) is 9.59 Å². The Morgan fingerprint density at radius 3 is 2.50 bits per heavy atom. The van der Waals surface area contributed by atoms with Crippen LogP contribution in [0.1, 0.15) is 12.0 Å². The zero-order valence-corrected chi connectivity index (χ0v) is 17.1. The fraction of sp³-hybridized carbons (Fsp3) is 0.391. The molecule has 2 fully saturated rings. The molecular formula is C23H26FN3O3. The monoisotopic (exact) mass is 411 g/mol. The number of benzene rings is 2. The molecule has 0 radical (unpaired) electrons. The fourth-order valence-corrected chi connectivity index (χ4v) is 4.26. The molecule has 30 heavy (non-hydrogen) atoms. The van der Waals surface area contributed by atoms with Crippen molar-refractivity contribution in [3.8, 4) is 5.75 Å². The number of carbonyl (C=O) groups excluding carboxylic acids is 2. The largest absolute Gasteiger partial charge is 0.496 e. The number of carbonyl (C=O) groups is 2. The Morgan fingerprint density at radius 1 is 1.07 bits per heavy atom. The number of methoxy groups -OCH3 is 1. The molecule has 2 aromatic carbocycles. The Bertz CT molecular complexity index is 927. The zero-order valence-electron chi connectivity index (χ0n) is 17.1. The second-order valence-corrected chi connectivity index (χ2v) is 7.75. The van der Waals surface area contributed by atoms with Crippen LogP contribution in [0, 0.1) is 11.7 Å².